The molecule has 0 aliphatic heterocycles. The number of nitrogens with one attached hydrogen (secondary N) is 4. The lowest BCUT2D eigenvalue weighted by molar-refractivity contribution is -0.116. The Morgan fingerprint density at radius 2 is 1.65 bits per heavy atom. The lowest BCUT2D eigenvalue weighted by atomic mass is 10.1. The van der Waals surface area contributed by atoms with Crippen molar-refractivity contribution in [1.29, 1.82) is 0 Å². The summed E-state index contributed by atoms with van der Waals surface area (Å²) in [6.07, 6.45) is 0.421. The molecule has 3 amide bonds. The monoisotopic (exact) mass is 442 g/mol. The molecule has 9 heteroatoms. The number of ether oxygens (including phenoxy) is 1. The molecule has 0 saturated carbocycles. The molecular weight excluding hydrogens is 416 g/mol. The topological polar surface area (TPSA) is 109 Å². The highest BCUT2D eigenvalue weighted by Crippen LogP contribution is 2.17. The maximum absolute atomic E-state index is 12.4. The fourth-order valence-corrected chi connectivity index (χ4v) is 2.75. The van der Waals surface area contributed by atoms with E-state index in [1.54, 1.807) is 48.5 Å². The normalized spacial score (nSPS) is 10.2. The van der Waals surface area contributed by atoms with Gasteiger partial charge >= 0.3 is 0 Å². The van der Waals surface area contributed by atoms with Crippen molar-refractivity contribution >= 4 is 40.7 Å². The molecule has 0 unspecified atom stereocenters. The molecule has 2 aromatic rings. The molecule has 0 aromatic heterocycles. The second-order valence-corrected chi connectivity index (χ2v) is 7.42. The van der Waals surface area contributed by atoms with E-state index in [4.69, 9.17) is 17.0 Å². The predicted octanol–water partition coefficient (Wildman–Crippen LogP) is 3.02. The molecule has 0 spiro atoms. The summed E-state index contributed by atoms with van der Waals surface area (Å²) in [4.78, 5) is 36.5. The van der Waals surface area contributed by atoms with Gasteiger partial charge in [0.1, 0.15) is 5.75 Å². The van der Waals surface area contributed by atoms with Gasteiger partial charge in [-0.1, -0.05) is 26.0 Å². The van der Waals surface area contributed by atoms with Gasteiger partial charge in [-0.15, -0.1) is 0 Å². The number of carbonyl (C=O) groups excluding carboxylic acids is 3. The summed E-state index contributed by atoms with van der Waals surface area (Å²) >= 11 is 5.06. The van der Waals surface area contributed by atoms with E-state index in [-0.39, 0.29) is 16.9 Å². The summed E-state index contributed by atoms with van der Waals surface area (Å²) in [5, 5.41) is 5.20. The van der Waals surface area contributed by atoms with Gasteiger partial charge in [0.15, 0.2) is 5.11 Å². The van der Waals surface area contributed by atoms with Crippen LogP contribution in [0.1, 0.15) is 47.9 Å². The van der Waals surface area contributed by atoms with Gasteiger partial charge in [0, 0.05) is 17.7 Å². The highest BCUT2D eigenvalue weighted by Gasteiger charge is 2.14. The molecule has 8 nitrogen and oxygen atoms in total. The Balaban J connectivity index is 1.86. The van der Waals surface area contributed by atoms with Gasteiger partial charge < -0.3 is 10.1 Å². The number of hydrazine groups is 1. The number of amides is 3. The minimum atomic E-state index is -0.461. The fraction of sp³-hybridized carbons (Fsp3) is 0.273. The number of carbonyl (C=O) groups is 3. The first-order chi connectivity index (χ1) is 14.8. The molecule has 0 radical (unpaired) electrons. The third-order valence-electron chi connectivity index (χ3n) is 3.97. The Hall–Kier alpha value is -3.46. The van der Waals surface area contributed by atoms with E-state index in [1.807, 2.05) is 20.8 Å². The number of anilines is 1. The molecular formula is C22H26N4O4S. The minimum absolute atomic E-state index is 0.0674. The van der Waals surface area contributed by atoms with E-state index in [2.05, 4.69) is 21.5 Å². The Morgan fingerprint density at radius 1 is 0.968 bits per heavy atom. The average Bonchev–Trinajstić information content (AvgIpc) is 2.72. The summed E-state index contributed by atoms with van der Waals surface area (Å²) in [6, 6.07) is 13.2. The number of benzene rings is 2. The third-order valence-corrected chi connectivity index (χ3v) is 4.18. The molecule has 0 saturated heterocycles. The number of thiocarbonyl (C=S) groups is 1. The van der Waals surface area contributed by atoms with Crippen molar-refractivity contribution in [2.75, 3.05) is 11.9 Å². The van der Waals surface area contributed by atoms with Crippen molar-refractivity contribution < 1.29 is 19.1 Å². The van der Waals surface area contributed by atoms with Gasteiger partial charge in [-0.2, -0.15) is 0 Å². The summed E-state index contributed by atoms with van der Waals surface area (Å²) in [7, 11) is 0. The molecule has 2 rings (SSSR count). The van der Waals surface area contributed by atoms with Gasteiger partial charge in [-0.05, 0) is 61.5 Å². The summed E-state index contributed by atoms with van der Waals surface area (Å²) in [5.41, 5.74) is 6.19. The molecule has 4 N–H and O–H groups in total. The van der Waals surface area contributed by atoms with Crippen LogP contribution in [0.15, 0.2) is 48.5 Å². The molecule has 0 aliphatic carbocycles. The van der Waals surface area contributed by atoms with E-state index in [1.165, 1.54) is 0 Å². The van der Waals surface area contributed by atoms with Crippen LogP contribution in [0.4, 0.5) is 5.69 Å². The first-order valence-corrected chi connectivity index (χ1v) is 10.2. The zero-order valence-electron chi connectivity index (χ0n) is 17.7. The molecule has 2 aromatic carbocycles. The van der Waals surface area contributed by atoms with Crippen LogP contribution in [0.5, 0.6) is 5.75 Å². The van der Waals surface area contributed by atoms with E-state index in [9.17, 15) is 14.4 Å². The van der Waals surface area contributed by atoms with Crippen molar-refractivity contribution in [3.05, 3.63) is 59.7 Å². The van der Waals surface area contributed by atoms with Crippen LogP contribution in [0, 0.1) is 5.92 Å². The zero-order chi connectivity index (χ0) is 22.8. The molecule has 0 bridgehead atoms. The van der Waals surface area contributed by atoms with Gasteiger partial charge in [0.2, 0.25) is 5.91 Å². The molecule has 0 atom stereocenters. The van der Waals surface area contributed by atoms with E-state index in [0.717, 1.165) is 0 Å². The van der Waals surface area contributed by atoms with Crippen LogP contribution >= 0.6 is 12.2 Å². The molecule has 31 heavy (non-hydrogen) atoms. The van der Waals surface area contributed by atoms with Crippen LogP contribution in [-0.2, 0) is 4.79 Å². The van der Waals surface area contributed by atoms with E-state index < -0.39 is 11.8 Å². The van der Waals surface area contributed by atoms with Crippen LogP contribution in [0.2, 0.25) is 0 Å². The van der Waals surface area contributed by atoms with Crippen LogP contribution < -0.4 is 26.2 Å². The molecule has 164 valence electrons. The number of rotatable bonds is 7. The van der Waals surface area contributed by atoms with Crippen LogP contribution in [0.3, 0.4) is 0 Å². The molecule has 0 heterocycles. The number of hydrogen-bond acceptors (Lipinski definition) is 5. The van der Waals surface area contributed by atoms with Crippen molar-refractivity contribution in [3.8, 4) is 5.75 Å². The molecule has 0 fully saturated rings. The second-order valence-electron chi connectivity index (χ2n) is 7.02. The van der Waals surface area contributed by atoms with Crippen LogP contribution in [0.25, 0.3) is 0 Å². The molecule has 0 aliphatic rings. The first kappa shape index (κ1) is 23.8. The predicted molar refractivity (Wildman–Crippen MR) is 123 cm³/mol. The highest BCUT2D eigenvalue weighted by molar-refractivity contribution is 7.80. The van der Waals surface area contributed by atoms with Gasteiger partial charge in [0.25, 0.3) is 11.8 Å². The maximum atomic E-state index is 12.4. The average molecular weight is 443 g/mol. The fourth-order valence-electron chi connectivity index (χ4n) is 2.61. The lowest BCUT2D eigenvalue weighted by Gasteiger charge is -2.13. The first-order valence-electron chi connectivity index (χ1n) is 9.83. The summed E-state index contributed by atoms with van der Waals surface area (Å²) in [5.74, 6) is -0.299. The Labute approximate surface area is 186 Å². The second kappa shape index (κ2) is 11.7. The Kier molecular flexibility index (Phi) is 8.95. The van der Waals surface area contributed by atoms with Crippen LogP contribution in [-0.4, -0.2) is 29.4 Å². The zero-order valence-corrected chi connectivity index (χ0v) is 18.5. The lowest BCUT2D eigenvalue weighted by Crippen LogP contribution is -2.48. The van der Waals surface area contributed by atoms with Crippen molar-refractivity contribution in [2.24, 2.45) is 5.92 Å². The van der Waals surface area contributed by atoms with Gasteiger partial charge in [-0.25, -0.2) is 0 Å². The summed E-state index contributed by atoms with van der Waals surface area (Å²) in [6.45, 7) is 6.17. The summed E-state index contributed by atoms with van der Waals surface area (Å²) < 4.78 is 5.43. The number of para-hydroxylation sites is 1. The van der Waals surface area contributed by atoms with Gasteiger partial charge in [0.05, 0.1) is 12.2 Å². The smallest absolute Gasteiger partial charge is 0.269 e. The standard InChI is InChI=1S/C22H26N4O4S/c1-4-30-18-8-6-5-7-17(18)21(29)24-22(31)26-25-20(28)15-9-11-16(12-10-15)23-19(27)13-14(2)3/h5-12,14H,4,13H2,1-3H3,(H,23,27)(H,25,28)(H2,24,26,29,31). The van der Waals surface area contributed by atoms with Crippen molar-refractivity contribution in [3.63, 3.8) is 0 Å². The van der Waals surface area contributed by atoms with Crippen molar-refractivity contribution in [2.45, 2.75) is 27.2 Å². The van der Waals surface area contributed by atoms with Gasteiger partial charge in [-0.3, -0.25) is 30.6 Å². The van der Waals surface area contributed by atoms with Crippen molar-refractivity contribution in [1.82, 2.24) is 16.2 Å². The Morgan fingerprint density at radius 3 is 2.29 bits per heavy atom. The van der Waals surface area contributed by atoms with E-state index >= 15 is 0 Å². The quantitative estimate of drug-likeness (QED) is 0.388. The number of hydrogen-bond donors (Lipinski definition) is 4. The Bertz CT molecular complexity index is 945. The highest BCUT2D eigenvalue weighted by atomic mass is 32.1. The largest absolute Gasteiger partial charge is 0.493 e. The maximum Gasteiger partial charge on any atom is 0.269 e. The van der Waals surface area contributed by atoms with E-state index in [0.29, 0.717) is 35.6 Å². The minimum Gasteiger partial charge on any atom is -0.493 e. The third kappa shape index (κ3) is 7.71. The SMILES string of the molecule is CCOc1ccccc1C(=O)NC(=S)NNC(=O)c1ccc(NC(=O)CC(C)C)cc1.